The van der Waals surface area contributed by atoms with Crippen molar-refractivity contribution in [3.8, 4) is 0 Å². The lowest BCUT2D eigenvalue weighted by Gasteiger charge is -2.23. The van der Waals surface area contributed by atoms with Crippen LogP contribution in [0.3, 0.4) is 0 Å². The van der Waals surface area contributed by atoms with Gasteiger partial charge in [0.25, 0.3) is 0 Å². The predicted octanol–water partition coefficient (Wildman–Crippen LogP) is 2.24. The molecular weight excluding hydrogens is 282 g/mol. The second kappa shape index (κ2) is 6.36. The number of hydrogen-bond acceptors (Lipinski definition) is 5. The van der Waals surface area contributed by atoms with Crippen molar-refractivity contribution in [2.75, 3.05) is 13.7 Å². The number of esters is 1. The van der Waals surface area contributed by atoms with Crippen molar-refractivity contribution in [1.82, 2.24) is 14.5 Å². The smallest absolute Gasteiger partial charge is 0.341 e. The summed E-state index contributed by atoms with van der Waals surface area (Å²) in [4.78, 5) is 18.1. The first-order valence-corrected chi connectivity index (χ1v) is 7.55. The fraction of sp³-hybridized carbons (Fsp3) is 0.500. The first-order chi connectivity index (χ1) is 10.7. The molecule has 3 rings (SSSR count). The predicted molar refractivity (Wildman–Crippen MR) is 80.4 cm³/mol. The van der Waals surface area contributed by atoms with Gasteiger partial charge in [0.15, 0.2) is 0 Å². The molecule has 2 aromatic rings. The Morgan fingerprint density at radius 1 is 1.55 bits per heavy atom. The minimum Gasteiger partial charge on any atom is -0.465 e. The van der Waals surface area contributed by atoms with Crippen LogP contribution < -0.4 is 0 Å². The topological polar surface area (TPSA) is 60.5 Å². The van der Waals surface area contributed by atoms with Crippen LogP contribution in [0.5, 0.6) is 0 Å². The monoisotopic (exact) mass is 303 g/mol. The van der Waals surface area contributed by atoms with Crippen LogP contribution in [0, 0.1) is 6.92 Å². The number of ether oxygens (including phenoxy) is 1. The van der Waals surface area contributed by atoms with E-state index in [1.54, 1.807) is 19.2 Å². The van der Waals surface area contributed by atoms with Crippen LogP contribution in [-0.2, 0) is 17.8 Å². The minimum atomic E-state index is -0.344. The van der Waals surface area contributed by atoms with E-state index >= 15 is 0 Å². The van der Waals surface area contributed by atoms with E-state index in [1.807, 2.05) is 12.5 Å². The van der Waals surface area contributed by atoms with E-state index in [1.165, 1.54) is 20.0 Å². The maximum Gasteiger partial charge on any atom is 0.341 e. The summed E-state index contributed by atoms with van der Waals surface area (Å²) in [6.45, 7) is 4.50. The van der Waals surface area contributed by atoms with E-state index < -0.39 is 0 Å². The van der Waals surface area contributed by atoms with Crippen molar-refractivity contribution < 1.29 is 13.9 Å². The van der Waals surface area contributed by atoms with Gasteiger partial charge in [-0.3, -0.25) is 4.90 Å². The normalized spacial score (nSPS) is 18.7. The number of aromatic nitrogens is 2. The third kappa shape index (κ3) is 3.06. The molecule has 1 fully saturated rings. The number of aryl methyl sites for hydroxylation is 1. The third-order valence-corrected chi connectivity index (χ3v) is 4.21. The number of methoxy groups -OCH3 is 1. The van der Waals surface area contributed by atoms with E-state index in [0.29, 0.717) is 17.4 Å². The molecule has 0 amide bonds. The van der Waals surface area contributed by atoms with Crippen LogP contribution in [0.15, 0.2) is 29.2 Å². The van der Waals surface area contributed by atoms with Gasteiger partial charge in [-0.2, -0.15) is 0 Å². The molecule has 1 saturated heterocycles. The van der Waals surface area contributed by atoms with Crippen molar-refractivity contribution in [2.45, 2.75) is 38.9 Å². The van der Waals surface area contributed by atoms with Gasteiger partial charge in [-0.15, -0.1) is 0 Å². The zero-order valence-electron chi connectivity index (χ0n) is 13.0. The van der Waals surface area contributed by atoms with Crippen molar-refractivity contribution in [2.24, 2.45) is 0 Å². The van der Waals surface area contributed by atoms with Gasteiger partial charge in [-0.1, -0.05) is 0 Å². The Hall–Kier alpha value is -2.08. The number of likely N-dealkylation sites (tertiary alicyclic amines) is 1. The molecular formula is C16H21N3O3. The molecule has 0 spiro atoms. The number of hydrogen-bond donors (Lipinski definition) is 0. The van der Waals surface area contributed by atoms with Gasteiger partial charge < -0.3 is 13.7 Å². The summed E-state index contributed by atoms with van der Waals surface area (Å²) >= 11 is 0. The van der Waals surface area contributed by atoms with Crippen molar-refractivity contribution in [1.29, 1.82) is 0 Å². The Morgan fingerprint density at radius 2 is 2.41 bits per heavy atom. The van der Waals surface area contributed by atoms with Crippen LogP contribution in [0.4, 0.5) is 0 Å². The summed E-state index contributed by atoms with van der Waals surface area (Å²) in [6.07, 6.45) is 7.99. The molecule has 0 unspecified atom stereocenters. The van der Waals surface area contributed by atoms with E-state index in [4.69, 9.17) is 9.15 Å². The lowest BCUT2D eigenvalue weighted by atomic mass is 10.2. The Labute approximate surface area is 129 Å². The van der Waals surface area contributed by atoms with Gasteiger partial charge in [-0.05, 0) is 32.4 Å². The molecule has 2 aromatic heterocycles. The highest BCUT2D eigenvalue weighted by Gasteiger charge is 2.26. The SMILES string of the molecule is COC(=O)c1cc(CN2CCC[C@@H]2Cn2ccnc2)oc1C. The molecule has 1 atom stereocenters. The molecule has 0 bridgehead atoms. The Morgan fingerprint density at radius 3 is 3.14 bits per heavy atom. The molecule has 6 heteroatoms. The van der Waals surface area contributed by atoms with E-state index in [9.17, 15) is 4.79 Å². The van der Waals surface area contributed by atoms with Gasteiger partial charge in [0.05, 0.1) is 20.0 Å². The van der Waals surface area contributed by atoms with Gasteiger partial charge in [0.1, 0.15) is 17.1 Å². The van der Waals surface area contributed by atoms with E-state index in [-0.39, 0.29) is 5.97 Å². The van der Waals surface area contributed by atoms with Crippen LogP contribution in [-0.4, -0.2) is 40.1 Å². The zero-order valence-corrected chi connectivity index (χ0v) is 13.0. The summed E-state index contributed by atoms with van der Waals surface area (Å²) in [5, 5.41) is 0. The van der Waals surface area contributed by atoms with Gasteiger partial charge in [0.2, 0.25) is 0 Å². The first-order valence-electron chi connectivity index (χ1n) is 7.55. The molecule has 22 heavy (non-hydrogen) atoms. The Bertz CT molecular complexity index is 633. The number of carbonyl (C=O) groups is 1. The molecule has 1 aliphatic heterocycles. The average molecular weight is 303 g/mol. The first kappa shape index (κ1) is 14.8. The van der Waals surface area contributed by atoms with Crippen molar-refractivity contribution >= 4 is 5.97 Å². The van der Waals surface area contributed by atoms with Crippen LogP contribution >= 0.6 is 0 Å². The van der Waals surface area contributed by atoms with Gasteiger partial charge >= 0.3 is 5.97 Å². The molecule has 0 saturated carbocycles. The molecule has 1 aliphatic rings. The van der Waals surface area contributed by atoms with Crippen LogP contribution in [0.1, 0.15) is 34.7 Å². The number of rotatable bonds is 5. The van der Waals surface area contributed by atoms with Crippen molar-refractivity contribution in [3.63, 3.8) is 0 Å². The Kier molecular flexibility index (Phi) is 4.29. The molecule has 0 aromatic carbocycles. The maximum atomic E-state index is 11.7. The fourth-order valence-corrected chi connectivity index (χ4v) is 3.08. The number of imidazole rings is 1. The summed E-state index contributed by atoms with van der Waals surface area (Å²) in [6, 6.07) is 2.27. The molecule has 0 aliphatic carbocycles. The average Bonchev–Trinajstić information content (AvgIpc) is 3.22. The number of furan rings is 1. The summed E-state index contributed by atoms with van der Waals surface area (Å²) < 4.78 is 12.6. The van der Waals surface area contributed by atoms with E-state index in [0.717, 1.165) is 25.4 Å². The Balaban J connectivity index is 1.68. The second-order valence-electron chi connectivity index (χ2n) is 5.70. The van der Waals surface area contributed by atoms with Gasteiger partial charge in [-0.25, -0.2) is 9.78 Å². The molecule has 6 nitrogen and oxygen atoms in total. The minimum absolute atomic E-state index is 0.344. The lowest BCUT2D eigenvalue weighted by Crippen LogP contribution is -2.32. The van der Waals surface area contributed by atoms with Crippen LogP contribution in [0.2, 0.25) is 0 Å². The molecule has 118 valence electrons. The summed E-state index contributed by atoms with van der Waals surface area (Å²) in [5.74, 6) is 1.09. The fourth-order valence-electron chi connectivity index (χ4n) is 3.08. The van der Waals surface area contributed by atoms with Gasteiger partial charge in [0, 0.05) is 25.0 Å². The lowest BCUT2D eigenvalue weighted by molar-refractivity contribution is 0.0599. The van der Waals surface area contributed by atoms with Crippen molar-refractivity contribution in [3.05, 3.63) is 41.9 Å². The quantitative estimate of drug-likeness (QED) is 0.793. The highest BCUT2D eigenvalue weighted by atomic mass is 16.5. The molecule has 0 radical (unpaired) electrons. The van der Waals surface area contributed by atoms with E-state index in [2.05, 4.69) is 14.5 Å². The standard InChI is InChI=1S/C16H21N3O3/c1-12-15(16(20)21-2)8-14(22-12)10-19-6-3-4-13(19)9-18-7-5-17-11-18/h5,7-8,11,13H,3-4,6,9-10H2,1-2H3/t13-/m1/s1. The maximum absolute atomic E-state index is 11.7. The second-order valence-corrected chi connectivity index (χ2v) is 5.70. The highest BCUT2D eigenvalue weighted by Crippen LogP contribution is 2.24. The highest BCUT2D eigenvalue weighted by molar-refractivity contribution is 5.90. The molecule has 3 heterocycles. The number of nitrogens with zero attached hydrogens (tertiary/aromatic N) is 3. The molecule has 0 N–H and O–H groups in total. The zero-order chi connectivity index (χ0) is 15.5. The summed E-state index contributed by atoms with van der Waals surface area (Å²) in [7, 11) is 1.38. The number of carbonyl (C=O) groups excluding carboxylic acids is 1. The summed E-state index contributed by atoms with van der Waals surface area (Å²) in [5.41, 5.74) is 0.517. The van der Waals surface area contributed by atoms with Crippen LogP contribution in [0.25, 0.3) is 0 Å². The largest absolute Gasteiger partial charge is 0.465 e. The third-order valence-electron chi connectivity index (χ3n) is 4.21.